The van der Waals surface area contributed by atoms with E-state index >= 15 is 0 Å². The van der Waals surface area contributed by atoms with E-state index in [1.165, 1.54) is 17.0 Å². The Bertz CT molecular complexity index is 1600. The topological polar surface area (TPSA) is 100 Å². The summed E-state index contributed by atoms with van der Waals surface area (Å²) in [6.45, 7) is 3.83. The number of alkyl halides is 3. The molecule has 15 heteroatoms. The van der Waals surface area contributed by atoms with Crippen LogP contribution < -0.4 is 9.47 Å². The van der Waals surface area contributed by atoms with E-state index in [1.807, 2.05) is 26.0 Å². The average Bonchev–Trinajstić information content (AvgIpc) is 3.60. The first-order valence-corrected chi connectivity index (χ1v) is 13.8. The largest absolute Gasteiger partial charge is 0.493 e. The molecule has 3 heterocycles. The smallest absolute Gasteiger partial charge is 0.451 e. The van der Waals surface area contributed by atoms with Gasteiger partial charge in [0.1, 0.15) is 11.6 Å². The molecule has 0 radical (unpaired) electrons. The van der Waals surface area contributed by atoms with Gasteiger partial charge in [-0.1, -0.05) is 17.8 Å². The molecule has 0 N–H and O–H groups in total. The number of halogens is 4. The van der Waals surface area contributed by atoms with Crippen molar-refractivity contribution in [3.8, 4) is 17.2 Å². The van der Waals surface area contributed by atoms with Crippen LogP contribution in [0.15, 0.2) is 47.6 Å². The van der Waals surface area contributed by atoms with Gasteiger partial charge in [0.25, 0.3) is 0 Å². The van der Waals surface area contributed by atoms with Crippen molar-refractivity contribution in [2.45, 2.75) is 43.7 Å². The summed E-state index contributed by atoms with van der Waals surface area (Å²) in [7, 11) is 3.09. The molecule has 42 heavy (non-hydrogen) atoms. The third kappa shape index (κ3) is 5.52. The molecular formula is C27H27F4N7O3S. The zero-order chi connectivity index (χ0) is 30.2. The van der Waals surface area contributed by atoms with Crippen molar-refractivity contribution in [1.82, 2.24) is 34.4 Å². The van der Waals surface area contributed by atoms with Gasteiger partial charge in [0, 0.05) is 18.8 Å². The van der Waals surface area contributed by atoms with Gasteiger partial charge >= 0.3 is 6.18 Å². The number of hydrogen-bond donors (Lipinski definition) is 0. The minimum atomic E-state index is -4.62. The minimum absolute atomic E-state index is 0.0591. The maximum absolute atomic E-state index is 13.8. The zero-order valence-electron chi connectivity index (χ0n) is 23.1. The summed E-state index contributed by atoms with van der Waals surface area (Å²) in [6.07, 6.45) is -4.62. The van der Waals surface area contributed by atoms with Crippen LogP contribution in [0.5, 0.6) is 11.5 Å². The molecule has 0 atom stereocenters. The lowest BCUT2D eigenvalue weighted by Crippen LogP contribution is -2.40. The number of ether oxygens (including phenoxy) is 2. The summed E-state index contributed by atoms with van der Waals surface area (Å²) in [5, 5.41) is 16.1. The third-order valence-electron chi connectivity index (χ3n) is 7.07. The Labute approximate surface area is 242 Å². The molecule has 1 aliphatic rings. The first-order chi connectivity index (χ1) is 19.9. The zero-order valence-corrected chi connectivity index (χ0v) is 24.0. The van der Waals surface area contributed by atoms with Gasteiger partial charge in [-0.25, -0.2) is 4.39 Å². The van der Waals surface area contributed by atoms with E-state index in [0.717, 1.165) is 21.9 Å². The summed E-state index contributed by atoms with van der Waals surface area (Å²) in [4.78, 5) is 14.6. The van der Waals surface area contributed by atoms with Crippen LogP contribution in [0.4, 0.5) is 17.6 Å². The Kier molecular flexibility index (Phi) is 7.88. The van der Waals surface area contributed by atoms with Gasteiger partial charge in [0.2, 0.25) is 11.7 Å². The lowest BCUT2D eigenvalue weighted by atomic mass is 9.83. The fourth-order valence-electron chi connectivity index (χ4n) is 4.74. The Morgan fingerprint density at radius 3 is 2.29 bits per heavy atom. The Morgan fingerprint density at radius 1 is 0.929 bits per heavy atom. The van der Waals surface area contributed by atoms with Crippen LogP contribution in [-0.4, -0.2) is 66.9 Å². The highest BCUT2D eigenvalue weighted by atomic mass is 32.2. The van der Waals surface area contributed by atoms with Crippen LogP contribution in [0, 0.1) is 5.82 Å². The lowest BCUT2D eigenvalue weighted by molar-refractivity contribution is -0.148. The predicted molar refractivity (Wildman–Crippen MR) is 144 cm³/mol. The van der Waals surface area contributed by atoms with Crippen molar-refractivity contribution in [3.05, 3.63) is 71.3 Å². The molecule has 4 aromatic rings. The van der Waals surface area contributed by atoms with Crippen molar-refractivity contribution < 1.29 is 31.8 Å². The second-order valence-corrected chi connectivity index (χ2v) is 10.9. The maximum Gasteiger partial charge on any atom is 0.451 e. The first-order valence-electron chi connectivity index (χ1n) is 12.8. The van der Waals surface area contributed by atoms with E-state index in [2.05, 4.69) is 20.4 Å². The number of benzene rings is 2. The molecular weight excluding hydrogens is 578 g/mol. The standard InChI is InChI=1S/C27H27F4N7O3S/c1-26(2,16-5-10-19(40-3)20(13-16)41-4)23-33-35-25(38(23)18-8-6-17(28)7-9-18)42-15-22(39)36-11-12-37-21(14-36)32-34-24(37)27(29,30)31/h5-10,13H,11-12,14-15H2,1-4H3. The fraction of sp³-hybridized carbons (Fsp3) is 0.370. The van der Waals surface area contributed by atoms with E-state index in [1.54, 1.807) is 37.0 Å². The van der Waals surface area contributed by atoms with Crippen LogP contribution in [0.3, 0.4) is 0 Å². The van der Waals surface area contributed by atoms with Gasteiger partial charge in [0.05, 0.1) is 31.9 Å². The van der Waals surface area contributed by atoms with Gasteiger partial charge in [-0.2, -0.15) is 13.2 Å². The molecule has 2 aromatic heterocycles. The van der Waals surface area contributed by atoms with Gasteiger partial charge in [0.15, 0.2) is 22.5 Å². The molecule has 5 rings (SSSR count). The number of nitrogens with zero attached hydrogens (tertiary/aromatic N) is 7. The Hall–Kier alpha value is -4.14. The molecule has 0 aliphatic carbocycles. The third-order valence-corrected chi connectivity index (χ3v) is 7.98. The van der Waals surface area contributed by atoms with Gasteiger partial charge in [-0.05, 0) is 55.8 Å². The number of rotatable bonds is 8. The van der Waals surface area contributed by atoms with Crippen LogP contribution in [0.2, 0.25) is 0 Å². The highest BCUT2D eigenvalue weighted by Gasteiger charge is 2.40. The van der Waals surface area contributed by atoms with E-state index in [-0.39, 0.29) is 37.1 Å². The number of carbonyl (C=O) groups is 1. The summed E-state index contributed by atoms with van der Waals surface area (Å²) < 4.78 is 67.0. The van der Waals surface area contributed by atoms with Crippen LogP contribution in [0.1, 0.15) is 36.9 Å². The maximum atomic E-state index is 13.8. The predicted octanol–water partition coefficient (Wildman–Crippen LogP) is 4.49. The quantitative estimate of drug-likeness (QED) is 0.214. The number of methoxy groups -OCH3 is 2. The monoisotopic (exact) mass is 605 g/mol. The summed E-state index contributed by atoms with van der Waals surface area (Å²) in [5.74, 6) is -0.150. The molecule has 222 valence electrons. The molecule has 0 saturated carbocycles. The Balaban J connectivity index is 1.42. The molecule has 10 nitrogen and oxygen atoms in total. The highest BCUT2D eigenvalue weighted by molar-refractivity contribution is 7.99. The van der Waals surface area contributed by atoms with Crippen molar-refractivity contribution in [2.75, 3.05) is 26.5 Å². The molecule has 0 spiro atoms. The highest BCUT2D eigenvalue weighted by Crippen LogP contribution is 2.38. The Morgan fingerprint density at radius 2 is 1.62 bits per heavy atom. The number of thioether (sulfide) groups is 1. The van der Waals surface area contributed by atoms with Crippen molar-refractivity contribution in [1.29, 1.82) is 0 Å². The van der Waals surface area contributed by atoms with Crippen molar-refractivity contribution in [3.63, 3.8) is 0 Å². The average molecular weight is 606 g/mol. The molecule has 1 aliphatic heterocycles. The molecule has 0 fully saturated rings. The van der Waals surface area contributed by atoms with Crippen molar-refractivity contribution in [2.24, 2.45) is 0 Å². The van der Waals surface area contributed by atoms with E-state index in [0.29, 0.717) is 28.2 Å². The second kappa shape index (κ2) is 11.3. The van der Waals surface area contributed by atoms with E-state index < -0.39 is 23.2 Å². The molecule has 2 aromatic carbocycles. The number of amides is 1. The first kappa shape index (κ1) is 29.4. The molecule has 0 bridgehead atoms. The molecule has 1 amide bonds. The molecule has 0 unspecified atom stereocenters. The number of aromatic nitrogens is 6. The number of hydrogen-bond acceptors (Lipinski definition) is 8. The van der Waals surface area contributed by atoms with Crippen LogP contribution in [0.25, 0.3) is 5.69 Å². The van der Waals surface area contributed by atoms with Gasteiger partial charge in [-0.15, -0.1) is 20.4 Å². The van der Waals surface area contributed by atoms with E-state index in [9.17, 15) is 22.4 Å². The number of carbonyl (C=O) groups excluding carboxylic acids is 1. The molecule has 0 saturated heterocycles. The summed E-state index contributed by atoms with van der Waals surface area (Å²) >= 11 is 1.12. The normalized spacial score (nSPS) is 13.7. The summed E-state index contributed by atoms with van der Waals surface area (Å²) in [5.41, 5.74) is 0.710. The minimum Gasteiger partial charge on any atom is -0.493 e. The van der Waals surface area contributed by atoms with Crippen LogP contribution >= 0.6 is 11.8 Å². The van der Waals surface area contributed by atoms with Gasteiger partial charge in [-0.3, -0.25) is 9.36 Å². The SMILES string of the molecule is COc1ccc(C(C)(C)c2nnc(SCC(=O)N3CCn4c(nnc4C(F)(F)F)C3)n2-c2ccc(F)cc2)cc1OC. The summed E-state index contributed by atoms with van der Waals surface area (Å²) in [6, 6.07) is 11.4. The fourth-order valence-corrected chi connectivity index (χ4v) is 5.60. The number of fused-ring (bicyclic) bond motifs is 1. The van der Waals surface area contributed by atoms with Crippen molar-refractivity contribution >= 4 is 17.7 Å². The second-order valence-electron chi connectivity index (χ2n) is 10.0. The van der Waals surface area contributed by atoms with Crippen LogP contribution in [-0.2, 0) is 29.5 Å². The van der Waals surface area contributed by atoms with E-state index in [4.69, 9.17) is 9.47 Å². The van der Waals surface area contributed by atoms with Gasteiger partial charge < -0.3 is 18.9 Å². The lowest BCUT2D eigenvalue weighted by Gasteiger charge is -2.28.